The lowest BCUT2D eigenvalue weighted by Gasteiger charge is -2.29. The summed E-state index contributed by atoms with van der Waals surface area (Å²) in [5, 5.41) is 12.2. The maximum absolute atomic E-state index is 8.73. The molecule has 0 saturated heterocycles. The van der Waals surface area contributed by atoms with Crippen molar-refractivity contribution < 1.29 is 9.84 Å². The summed E-state index contributed by atoms with van der Waals surface area (Å²) in [6.45, 7) is 8.82. The number of hydrogen-bond acceptors (Lipinski definition) is 3. The third-order valence-electron chi connectivity index (χ3n) is 2.71. The molecular formula is C12H27NO2. The van der Waals surface area contributed by atoms with Gasteiger partial charge in [-0.2, -0.15) is 0 Å². The lowest BCUT2D eigenvalue weighted by atomic mass is 9.99. The summed E-state index contributed by atoms with van der Waals surface area (Å²) in [6.07, 6.45) is 2.88. The highest BCUT2D eigenvalue weighted by Crippen LogP contribution is 2.15. The van der Waals surface area contributed by atoms with E-state index in [1.54, 1.807) is 7.11 Å². The summed E-state index contributed by atoms with van der Waals surface area (Å²) in [6, 6.07) is 0.897. The van der Waals surface area contributed by atoms with Gasteiger partial charge in [-0.25, -0.2) is 0 Å². The molecule has 15 heavy (non-hydrogen) atoms. The fourth-order valence-corrected chi connectivity index (χ4v) is 1.85. The molecule has 0 rings (SSSR count). The molecule has 0 heterocycles. The van der Waals surface area contributed by atoms with Crippen molar-refractivity contribution >= 4 is 0 Å². The van der Waals surface area contributed by atoms with Crippen LogP contribution >= 0.6 is 0 Å². The predicted molar refractivity (Wildman–Crippen MR) is 64.1 cm³/mol. The standard InChI is InChI=1S/C12H27NO2/c1-10(7-6-8-14)13-11(2)9-12(3,4)15-5/h10-11,13-14H,6-9H2,1-5H3/t10-,11+/m0/s1. The number of aliphatic hydroxyl groups is 1. The first kappa shape index (κ1) is 14.9. The summed E-state index contributed by atoms with van der Waals surface area (Å²) < 4.78 is 5.39. The van der Waals surface area contributed by atoms with Gasteiger partial charge in [0.15, 0.2) is 0 Å². The van der Waals surface area contributed by atoms with Gasteiger partial charge in [-0.3, -0.25) is 0 Å². The molecule has 0 fully saturated rings. The minimum Gasteiger partial charge on any atom is -0.396 e. The van der Waals surface area contributed by atoms with Crippen LogP contribution < -0.4 is 5.32 Å². The zero-order valence-electron chi connectivity index (χ0n) is 10.8. The normalized spacial score (nSPS) is 16.4. The van der Waals surface area contributed by atoms with Gasteiger partial charge in [0.2, 0.25) is 0 Å². The van der Waals surface area contributed by atoms with Crippen LogP contribution in [-0.4, -0.2) is 36.5 Å². The highest BCUT2D eigenvalue weighted by molar-refractivity contribution is 4.77. The van der Waals surface area contributed by atoms with Crippen molar-refractivity contribution in [1.29, 1.82) is 0 Å². The second-order valence-corrected chi connectivity index (χ2v) is 5.00. The summed E-state index contributed by atoms with van der Waals surface area (Å²) in [4.78, 5) is 0. The second kappa shape index (κ2) is 7.20. The zero-order valence-corrected chi connectivity index (χ0v) is 10.8. The lowest BCUT2D eigenvalue weighted by Crippen LogP contribution is -2.40. The van der Waals surface area contributed by atoms with Crippen LogP contribution in [0.4, 0.5) is 0 Å². The highest BCUT2D eigenvalue weighted by Gasteiger charge is 2.20. The van der Waals surface area contributed by atoms with Crippen molar-refractivity contribution in [3.8, 4) is 0 Å². The molecule has 0 aliphatic carbocycles. The molecule has 0 aliphatic heterocycles. The Bertz CT molecular complexity index is 160. The maximum Gasteiger partial charge on any atom is 0.0637 e. The minimum absolute atomic E-state index is 0.0664. The van der Waals surface area contributed by atoms with Crippen LogP contribution in [0.25, 0.3) is 0 Å². The molecule has 0 aromatic heterocycles. The molecule has 92 valence electrons. The van der Waals surface area contributed by atoms with Gasteiger partial charge in [0.05, 0.1) is 5.60 Å². The number of hydrogen-bond donors (Lipinski definition) is 2. The van der Waals surface area contributed by atoms with Crippen molar-refractivity contribution in [2.24, 2.45) is 0 Å². The summed E-state index contributed by atoms with van der Waals surface area (Å²) in [5.41, 5.74) is -0.0664. The maximum atomic E-state index is 8.73. The zero-order chi connectivity index (χ0) is 11.9. The van der Waals surface area contributed by atoms with Crippen LogP contribution in [0.2, 0.25) is 0 Å². The minimum atomic E-state index is -0.0664. The molecule has 0 amide bonds. The van der Waals surface area contributed by atoms with Crippen molar-refractivity contribution in [2.75, 3.05) is 13.7 Å². The topological polar surface area (TPSA) is 41.5 Å². The SMILES string of the molecule is COC(C)(C)C[C@@H](C)N[C@@H](C)CCCO. The summed E-state index contributed by atoms with van der Waals surface area (Å²) in [7, 11) is 1.75. The molecule has 0 radical (unpaired) electrons. The molecule has 3 heteroatoms. The van der Waals surface area contributed by atoms with E-state index in [1.807, 2.05) is 0 Å². The van der Waals surface area contributed by atoms with Crippen LogP contribution in [0.3, 0.4) is 0 Å². The number of methoxy groups -OCH3 is 1. The summed E-state index contributed by atoms with van der Waals surface area (Å²) >= 11 is 0. The first-order valence-electron chi connectivity index (χ1n) is 5.83. The Balaban J connectivity index is 3.77. The molecule has 0 unspecified atom stereocenters. The first-order valence-corrected chi connectivity index (χ1v) is 5.83. The molecule has 0 spiro atoms. The third-order valence-corrected chi connectivity index (χ3v) is 2.71. The van der Waals surface area contributed by atoms with Crippen molar-refractivity contribution in [2.45, 2.75) is 64.6 Å². The number of rotatable bonds is 8. The van der Waals surface area contributed by atoms with Gasteiger partial charge in [0.1, 0.15) is 0 Å². The lowest BCUT2D eigenvalue weighted by molar-refractivity contribution is 0.00772. The van der Waals surface area contributed by atoms with E-state index < -0.39 is 0 Å². The van der Waals surface area contributed by atoms with E-state index in [9.17, 15) is 0 Å². The third kappa shape index (κ3) is 7.77. The largest absolute Gasteiger partial charge is 0.396 e. The number of ether oxygens (including phenoxy) is 1. The Morgan fingerprint density at radius 1 is 1.27 bits per heavy atom. The monoisotopic (exact) mass is 217 g/mol. The van der Waals surface area contributed by atoms with Crippen LogP contribution in [-0.2, 0) is 4.74 Å². The second-order valence-electron chi connectivity index (χ2n) is 5.00. The van der Waals surface area contributed by atoms with Crippen molar-refractivity contribution in [3.63, 3.8) is 0 Å². The quantitative estimate of drug-likeness (QED) is 0.653. The van der Waals surface area contributed by atoms with E-state index in [4.69, 9.17) is 9.84 Å². The average Bonchev–Trinajstić information content (AvgIpc) is 2.13. The Kier molecular flexibility index (Phi) is 7.14. The van der Waals surface area contributed by atoms with Crippen LogP contribution in [0, 0.1) is 0 Å². The molecule has 0 aromatic carbocycles. The molecule has 0 aliphatic rings. The van der Waals surface area contributed by atoms with E-state index in [2.05, 4.69) is 33.0 Å². The van der Waals surface area contributed by atoms with E-state index in [0.717, 1.165) is 19.3 Å². The van der Waals surface area contributed by atoms with E-state index in [-0.39, 0.29) is 12.2 Å². The molecule has 2 N–H and O–H groups in total. The summed E-state index contributed by atoms with van der Waals surface area (Å²) in [5.74, 6) is 0. The molecule has 0 aromatic rings. The van der Waals surface area contributed by atoms with Crippen molar-refractivity contribution in [1.82, 2.24) is 5.32 Å². The fourth-order valence-electron chi connectivity index (χ4n) is 1.85. The van der Waals surface area contributed by atoms with Gasteiger partial charge in [-0.15, -0.1) is 0 Å². The average molecular weight is 217 g/mol. The van der Waals surface area contributed by atoms with E-state index in [1.165, 1.54) is 0 Å². The fraction of sp³-hybridized carbons (Fsp3) is 1.00. The van der Waals surface area contributed by atoms with Crippen LogP contribution in [0.1, 0.15) is 47.0 Å². The van der Waals surface area contributed by atoms with Gasteiger partial charge in [-0.05, 0) is 47.0 Å². The Morgan fingerprint density at radius 3 is 2.33 bits per heavy atom. The smallest absolute Gasteiger partial charge is 0.0637 e. The molecule has 0 saturated carbocycles. The molecular weight excluding hydrogens is 190 g/mol. The Hall–Kier alpha value is -0.120. The number of nitrogens with one attached hydrogen (secondary N) is 1. The van der Waals surface area contributed by atoms with Crippen LogP contribution in [0.5, 0.6) is 0 Å². The Morgan fingerprint density at radius 2 is 1.87 bits per heavy atom. The molecule has 0 bridgehead atoms. The Labute approximate surface area is 94.2 Å². The van der Waals surface area contributed by atoms with Gasteiger partial charge in [0.25, 0.3) is 0 Å². The highest BCUT2D eigenvalue weighted by atomic mass is 16.5. The van der Waals surface area contributed by atoms with Gasteiger partial charge in [-0.1, -0.05) is 0 Å². The van der Waals surface area contributed by atoms with E-state index in [0.29, 0.717) is 12.1 Å². The molecule has 2 atom stereocenters. The predicted octanol–water partition coefficient (Wildman–Crippen LogP) is 1.94. The molecule has 3 nitrogen and oxygen atoms in total. The van der Waals surface area contributed by atoms with Gasteiger partial charge < -0.3 is 15.2 Å². The van der Waals surface area contributed by atoms with Gasteiger partial charge in [0, 0.05) is 25.8 Å². The van der Waals surface area contributed by atoms with Crippen LogP contribution in [0.15, 0.2) is 0 Å². The van der Waals surface area contributed by atoms with Gasteiger partial charge >= 0.3 is 0 Å². The van der Waals surface area contributed by atoms with E-state index >= 15 is 0 Å². The first-order chi connectivity index (χ1) is 6.91. The van der Waals surface area contributed by atoms with Crippen molar-refractivity contribution in [3.05, 3.63) is 0 Å². The number of aliphatic hydroxyl groups excluding tert-OH is 1.